The van der Waals surface area contributed by atoms with E-state index in [4.69, 9.17) is 27.9 Å². The van der Waals surface area contributed by atoms with Gasteiger partial charge in [-0.2, -0.15) is 0 Å². The van der Waals surface area contributed by atoms with E-state index < -0.39 is 17.4 Å². The molecule has 1 heterocycles. The Hall–Kier alpha value is -1.30. The second-order valence-electron chi connectivity index (χ2n) is 4.27. The molecule has 1 aromatic rings. The Labute approximate surface area is 119 Å². The number of carboxylic acids is 1. The molecule has 1 amide bonds. The predicted octanol–water partition coefficient (Wildman–Crippen LogP) is 1.97. The number of carbonyl (C=O) groups is 2. The van der Waals surface area contributed by atoms with Gasteiger partial charge in [-0.15, -0.1) is 0 Å². The molecule has 0 aromatic heterocycles. The highest BCUT2D eigenvalue weighted by molar-refractivity contribution is 6.42. The lowest BCUT2D eigenvalue weighted by Gasteiger charge is -2.23. The molecule has 1 fully saturated rings. The van der Waals surface area contributed by atoms with E-state index in [9.17, 15) is 14.7 Å². The van der Waals surface area contributed by atoms with Gasteiger partial charge in [0.25, 0.3) is 5.91 Å². The van der Waals surface area contributed by atoms with Crippen molar-refractivity contribution in [3.63, 3.8) is 0 Å². The zero-order valence-electron chi connectivity index (χ0n) is 9.78. The maximum absolute atomic E-state index is 12.0. The van der Waals surface area contributed by atoms with E-state index in [1.54, 1.807) is 0 Å². The molecule has 2 rings (SSSR count). The molecular weight excluding hydrogens is 293 g/mol. The van der Waals surface area contributed by atoms with Crippen LogP contribution < -0.4 is 5.32 Å². The standard InChI is InChI=1S/C12H11Cl2NO4/c13-8-2-1-7(5-9(8)14)10(16)15-12(11(17)18)3-4-19-6-12/h1-2,5H,3-4,6H2,(H,15,16)(H,17,18). The van der Waals surface area contributed by atoms with Crippen molar-refractivity contribution in [2.45, 2.75) is 12.0 Å². The fourth-order valence-electron chi connectivity index (χ4n) is 1.81. The van der Waals surface area contributed by atoms with Crippen LogP contribution in [-0.2, 0) is 9.53 Å². The van der Waals surface area contributed by atoms with Crippen molar-refractivity contribution in [3.8, 4) is 0 Å². The molecule has 0 spiro atoms. The molecule has 1 aliphatic heterocycles. The molecule has 0 aliphatic carbocycles. The van der Waals surface area contributed by atoms with Gasteiger partial charge in [-0.05, 0) is 18.2 Å². The molecule has 5 nitrogen and oxygen atoms in total. The first-order valence-electron chi connectivity index (χ1n) is 5.53. The summed E-state index contributed by atoms with van der Waals surface area (Å²) in [7, 11) is 0. The predicted molar refractivity (Wildman–Crippen MR) is 69.7 cm³/mol. The number of halogens is 2. The molecule has 102 valence electrons. The fraction of sp³-hybridized carbons (Fsp3) is 0.333. The molecule has 1 aliphatic rings. The summed E-state index contributed by atoms with van der Waals surface area (Å²) < 4.78 is 5.06. The number of nitrogens with one attached hydrogen (secondary N) is 1. The molecule has 7 heteroatoms. The normalized spacial score (nSPS) is 22.2. The first kappa shape index (κ1) is 14.1. The smallest absolute Gasteiger partial charge is 0.331 e. The number of aliphatic carboxylic acids is 1. The van der Waals surface area contributed by atoms with Gasteiger partial charge in [0, 0.05) is 18.6 Å². The van der Waals surface area contributed by atoms with Crippen LogP contribution in [0.2, 0.25) is 10.0 Å². The zero-order chi connectivity index (χ0) is 14.0. The van der Waals surface area contributed by atoms with Crippen LogP contribution in [0.5, 0.6) is 0 Å². The zero-order valence-corrected chi connectivity index (χ0v) is 11.3. The molecule has 1 aromatic carbocycles. The highest BCUT2D eigenvalue weighted by Crippen LogP contribution is 2.24. The van der Waals surface area contributed by atoms with Crippen LogP contribution in [-0.4, -0.2) is 35.7 Å². The lowest BCUT2D eigenvalue weighted by atomic mass is 9.98. The average Bonchev–Trinajstić information content (AvgIpc) is 2.82. The van der Waals surface area contributed by atoms with E-state index in [1.807, 2.05) is 0 Å². The SMILES string of the molecule is O=C(NC1(C(=O)O)CCOC1)c1ccc(Cl)c(Cl)c1. The Morgan fingerprint density at radius 1 is 1.32 bits per heavy atom. The number of hydrogen-bond acceptors (Lipinski definition) is 3. The summed E-state index contributed by atoms with van der Waals surface area (Å²) >= 11 is 11.6. The van der Waals surface area contributed by atoms with E-state index in [0.717, 1.165) is 0 Å². The fourth-order valence-corrected chi connectivity index (χ4v) is 2.11. The van der Waals surface area contributed by atoms with Gasteiger partial charge in [0.1, 0.15) is 0 Å². The first-order valence-corrected chi connectivity index (χ1v) is 6.29. The van der Waals surface area contributed by atoms with Crippen LogP contribution in [0.25, 0.3) is 0 Å². The van der Waals surface area contributed by atoms with Gasteiger partial charge in [-0.25, -0.2) is 4.79 Å². The average molecular weight is 304 g/mol. The first-order chi connectivity index (χ1) is 8.94. The van der Waals surface area contributed by atoms with Crippen molar-refractivity contribution in [2.24, 2.45) is 0 Å². The number of carboxylic acid groups (broad SMARTS) is 1. The maximum Gasteiger partial charge on any atom is 0.331 e. The topological polar surface area (TPSA) is 75.6 Å². The van der Waals surface area contributed by atoms with Crippen molar-refractivity contribution in [3.05, 3.63) is 33.8 Å². The molecule has 19 heavy (non-hydrogen) atoms. The second-order valence-corrected chi connectivity index (χ2v) is 5.09. The Kier molecular flexibility index (Phi) is 3.99. The lowest BCUT2D eigenvalue weighted by molar-refractivity contribution is -0.144. The van der Waals surface area contributed by atoms with Crippen LogP contribution in [0.1, 0.15) is 16.8 Å². The van der Waals surface area contributed by atoms with Crippen LogP contribution in [0.4, 0.5) is 0 Å². The van der Waals surface area contributed by atoms with E-state index in [1.165, 1.54) is 18.2 Å². The molecule has 2 N–H and O–H groups in total. The van der Waals surface area contributed by atoms with Gasteiger partial charge >= 0.3 is 5.97 Å². The summed E-state index contributed by atoms with van der Waals surface area (Å²) in [6.45, 7) is 0.253. The van der Waals surface area contributed by atoms with Crippen molar-refractivity contribution in [2.75, 3.05) is 13.2 Å². The van der Waals surface area contributed by atoms with Gasteiger partial charge in [0.2, 0.25) is 0 Å². The third-order valence-corrected chi connectivity index (χ3v) is 3.70. The summed E-state index contributed by atoms with van der Waals surface area (Å²) in [5.74, 6) is -1.63. The minimum absolute atomic E-state index is 0.0462. The number of hydrogen-bond donors (Lipinski definition) is 2. The van der Waals surface area contributed by atoms with Crippen LogP contribution in [0.15, 0.2) is 18.2 Å². The Morgan fingerprint density at radius 3 is 2.58 bits per heavy atom. The molecule has 0 saturated carbocycles. The highest BCUT2D eigenvalue weighted by atomic mass is 35.5. The molecule has 1 unspecified atom stereocenters. The number of rotatable bonds is 3. The Bertz CT molecular complexity index is 526. The molecule has 1 atom stereocenters. The molecule has 1 saturated heterocycles. The van der Waals surface area contributed by atoms with Gasteiger partial charge in [-0.1, -0.05) is 23.2 Å². The van der Waals surface area contributed by atoms with E-state index in [-0.39, 0.29) is 23.6 Å². The van der Waals surface area contributed by atoms with Crippen LogP contribution >= 0.6 is 23.2 Å². The number of benzene rings is 1. The Balaban J connectivity index is 2.20. The molecular formula is C12H11Cl2NO4. The number of carbonyl (C=O) groups excluding carboxylic acids is 1. The quantitative estimate of drug-likeness (QED) is 0.895. The van der Waals surface area contributed by atoms with Gasteiger partial charge in [0.05, 0.1) is 16.7 Å². The monoisotopic (exact) mass is 303 g/mol. The van der Waals surface area contributed by atoms with E-state index in [2.05, 4.69) is 5.32 Å². The molecule has 0 radical (unpaired) electrons. The summed E-state index contributed by atoms with van der Waals surface area (Å²) in [4.78, 5) is 23.3. The molecule has 0 bridgehead atoms. The summed E-state index contributed by atoms with van der Waals surface area (Å²) in [6.07, 6.45) is 0.232. The third kappa shape index (κ3) is 2.83. The maximum atomic E-state index is 12.0. The Morgan fingerprint density at radius 2 is 2.05 bits per heavy atom. The van der Waals surface area contributed by atoms with Gasteiger partial charge < -0.3 is 15.2 Å². The van der Waals surface area contributed by atoms with Crippen molar-refractivity contribution < 1.29 is 19.4 Å². The number of amides is 1. The lowest BCUT2D eigenvalue weighted by Crippen LogP contribution is -2.55. The minimum Gasteiger partial charge on any atom is -0.479 e. The summed E-state index contributed by atoms with van der Waals surface area (Å²) in [5.41, 5.74) is -1.12. The van der Waals surface area contributed by atoms with Crippen molar-refractivity contribution >= 4 is 35.1 Å². The van der Waals surface area contributed by atoms with Crippen molar-refractivity contribution in [1.82, 2.24) is 5.32 Å². The van der Waals surface area contributed by atoms with Gasteiger partial charge in [-0.3, -0.25) is 4.79 Å². The van der Waals surface area contributed by atoms with Crippen LogP contribution in [0.3, 0.4) is 0 Å². The second kappa shape index (κ2) is 5.36. The van der Waals surface area contributed by atoms with Gasteiger partial charge in [0.15, 0.2) is 5.54 Å². The van der Waals surface area contributed by atoms with Crippen LogP contribution in [0, 0.1) is 0 Å². The largest absolute Gasteiger partial charge is 0.479 e. The third-order valence-electron chi connectivity index (χ3n) is 2.97. The van der Waals surface area contributed by atoms with Crippen molar-refractivity contribution in [1.29, 1.82) is 0 Å². The minimum atomic E-state index is -1.37. The van der Waals surface area contributed by atoms with E-state index >= 15 is 0 Å². The van der Waals surface area contributed by atoms with E-state index in [0.29, 0.717) is 11.6 Å². The number of ether oxygens (including phenoxy) is 1. The summed E-state index contributed by atoms with van der Waals surface area (Å²) in [5, 5.41) is 12.3. The highest BCUT2D eigenvalue weighted by Gasteiger charge is 2.44. The summed E-state index contributed by atoms with van der Waals surface area (Å²) in [6, 6.07) is 4.36.